The zero-order valence-electron chi connectivity index (χ0n) is 15.3. The summed E-state index contributed by atoms with van der Waals surface area (Å²) in [6.45, 7) is 0.435. The summed E-state index contributed by atoms with van der Waals surface area (Å²) in [5.41, 5.74) is 2.23. The van der Waals surface area contributed by atoms with Crippen LogP contribution in [0.3, 0.4) is 0 Å². The maximum atomic E-state index is 12.3. The number of ether oxygens (including phenoxy) is 2. The quantitative estimate of drug-likeness (QED) is 0.609. The first kappa shape index (κ1) is 19.4. The minimum atomic E-state index is -0.303. The van der Waals surface area contributed by atoms with Crippen molar-refractivity contribution >= 4 is 28.9 Å². The minimum Gasteiger partial charge on any atom is -0.497 e. The highest BCUT2D eigenvalue weighted by molar-refractivity contribution is 7.80. The number of benzene rings is 3. The summed E-state index contributed by atoms with van der Waals surface area (Å²) in [5, 5.41) is 5.88. The Morgan fingerprint density at radius 1 is 0.929 bits per heavy atom. The van der Waals surface area contributed by atoms with Gasteiger partial charge in [0.25, 0.3) is 5.91 Å². The highest BCUT2D eigenvalue weighted by Gasteiger charge is 2.10. The van der Waals surface area contributed by atoms with Crippen molar-refractivity contribution in [2.45, 2.75) is 6.61 Å². The van der Waals surface area contributed by atoms with Crippen molar-refractivity contribution < 1.29 is 14.3 Å². The van der Waals surface area contributed by atoms with Crippen molar-refractivity contribution in [2.24, 2.45) is 0 Å². The van der Waals surface area contributed by atoms with Gasteiger partial charge in [-0.05, 0) is 54.2 Å². The molecule has 5 nitrogen and oxygen atoms in total. The third kappa shape index (κ3) is 5.31. The van der Waals surface area contributed by atoms with Crippen LogP contribution < -0.4 is 20.1 Å². The molecule has 0 saturated carbocycles. The number of carbonyl (C=O) groups is 1. The van der Waals surface area contributed by atoms with Gasteiger partial charge in [-0.25, -0.2) is 0 Å². The van der Waals surface area contributed by atoms with E-state index in [0.29, 0.717) is 29.4 Å². The van der Waals surface area contributed by atoms with E-state index in [0.717, 1.165) is 5.56 Å². The number of amides is 1. The number of hydrogen-bond donors (Lipinski definition) is 2. The van der Waals surface area contributed by atoms with Crippen molar-refractivity contribution in [3.63, 3.8) is 0 Å². The molecule has 2 N–H and O–H groups in total. The fourth-order valence-electron chi connectivity index (χ4n) is 2.50. The van der Waals surface area contributed by atoms with Gasteiger partial charge in [0.15, 0.2) is 5.11 Å². The molecule has 0 spiro atoms. The summed E-state index contributed by atoms with van der Waals surface area (Å²) in [6, 6.07) is 24.1. The van der Waals surface area contributed by atoms with Crippen LogP contribution in [0.4, 0.5) is 5.69 Å². The van der Waals surface area contributed by atoms with E-state index in [1.165, 1.54) is 0 Å². The van der Waals surface area contributed by atoms with Gasteiger partial charge in [0, 0.05) is 5.56 Å². The number of anilines is 1. The molecule has 3 aromatic carbocycles. The number of thiocarbonyl (C=S) groups is 1. The standard InChI is InChI=1S/C22H20N2O3S/c1-26-18-13-11-17(12-14-18)21(25)24-22(28)23-19-9-5-6-10-20(19)27-15-16-7-3-2-4-8-16/h2-14H,15H2,1H3,(H2,23,24,25,28). The van der Waals surface area contributed by atoms with Gasteiger partial charge in [0.2, 0.25) is 0 Å². The van der Waals surface area contributed by atoms with E-state index in [2.05, 4.69) is 10.6 Å². The number of rotatable bonds is 6. The molecule has 0 bridgehead atoms. The Labute approximate surface area is 169 Å². The maximum absolute atomic E-state index is 12.3. The van der Waals surface area contributed by atoms with Crippen LogP contribution in [0.25, 0.3) is 0 Å². The Bertz CT molecular complexity index is 944. The van der Waals surface area contributed by atoms with Gasteiger partial charge in [-0.3, -0.25) is 10.1 Å². The predicted octanol–water partition coefficient (Wildman–Crippen LogP) is 4.40. The van der Waals surface area contributed by atoms with Crippen LogP contribution in [0.2, 0.25) is 0 Å². The van der Waals surface area contributed by atoms with Crippen molar-refractivity contribution in [3.05, 3.63) is 90.0 Å². The van der Waals surface area contributed by atoms with Gasteiger partial charge in [-0.15, -0.1) is 0 Å². The summed E-state index contributed by atoms with van der Waals surface area (Å²) in [5.74, 6) is 1.02. The third-order valence-electron chi connectivity index (χ3n) is 3.95. The number of hydrogen-bond acceptors (Lipinski definition) is 4. The topological polar surface area (TPSA) is 59.6 Å². The highest BCUT2D eigenvalue weighted by Crippen LogP contribution is 2.24. The van der Waals surface area contributed by atoms with Crippen LogP contribution in [-0.2, 0) is 6.61 Å². The smallest absolute Gasteiger partial charge is 0.257 e. The lowest BCUT2D eigenvalue weighted by atomic mass is 10.2. The highest BCUT2D eigenvalue weighted by atomic mass is 32.1. The maximum Gasteiger partial charge on any atom is 0.257 e. The van der Waals surface area contributed by atoms with Crippen LogP contribution in [0.5, 0.6) is 11.5 Å². The van der Waals surface area contributed by atoms with Crippen molar-refractivity contribution in [1.82, 2.24) is 5.32 Å². The summed E-state index contributed by atoms with van der Waals surface area (Å²) < 4.78 is 11.0. The molecular formula is C22H20N2O3S. The second-order valence-corrected chi connectivity index (χ2v) is 6.32. The lowest BCUT2D eigenvalue weighted by molar-refractivity contribution is 0.0977. The van der Waals surface area contributed by atoms with Crippen LogP contribution >= 0.6 is 12.2 Å². The van der Waals surface area contributed by atoms with Gasteiger partial charge in [0.1, 0.15) is 18.1 Å². The Morgan fingerprint density at radius 2 is 1.61 bits per heavy atom. The van der Waals surface area contributed by atoms with E-state index >= 15 is 0 Å². The van der Waals surface area contributed by atoms with Crippen molar-refractivity contribution in [1.29, 1.82) is 0 Å². The number of para-hydroxylation sites is 2. The minimum absolute atomic E-state index is 0.191. The Balaban J connectivity index is 1.61. The zero-order chi connectivity index (χ0) is 19.8. The van der Waals surface area contributed by atoms with Crippen LogP contribution in [0, 0.1) is 0 Å². The number of methoxy groups -OCH3 is 1. The van der Waals surface area contributed by atoms with Gasteiger partial charge < -0.3 is 14.8 Å². The molecule has 0 radical (unpaired) electrons. The van der Waals surface area contributed by atoms with E-state index in [9.17, 15) is 4.79 Å². The molecule has 0 unspecified atom stereocenters. The molecule has 0 heterocycles. The molecule has 6 heteroatoms. The lowest BCUT2D eigenvalue weighted by Gasteiger charge is -2.14. The molecule has 3 aromatic rings. The van der Waals surface area contributed by atoms with E-state index in [1.807, 2.05) is 54.6 Å². The summed E-state index contributed by atoms with van der Waals surface area (Å²) in [6.07, 6.45) is 0. The molecule has 0 aliphatic carbocycles. The van der Waals surface area contributed by atoms with E-state index in [-0.39, 0.29) is 11.0 Å². The molecule has 28 heavy (non-hydrogen) atoms. The first-order chi connectivity index (χ1) is 13.7. The van der Waals surface area contributed by atoms with E-state index < -0.39 is 0 Å². The third-order valence-corrected chi connectivity index (χ3v) is 4.16. The van der Waals surface area contributed by atoms with Gasteiger partial charge >= 0.3 is 0 Å². The molecule has 142 valence electrons. The SMILES string of the molecule is COc1ccc(C(=O)NC(=S)Nc2ccccc2OCc2ccccc2)cc1. The van der Waals surface area contributed by atoms with E-state index in [4.69, 9.17) is 21.7 Å². The molecule has 3 rings (SSSR count). The largest absolute Gasteiger partial charge is 0.497 e. The molecule has 1 amide bonds. The van der Waals surface area contributed by atoms with Gasteiger partial charge in [0.05, 0.1) is 12.8 Å². The second kappa shape index (κ2) is 9.53. The molecule has 0 aliphatic heterocycles. The van der Waals surface area contributed by atoms with Crippen LogP contribution in [-0.4, -0.2) is 18.1 Å². The van der Waals surface area contributed by atoms with E-state index in [1.54, 1.807) is 31.4 Å². The van der Waals surface area contributed by atoms with Gasteiger partial charge in [-0.2, -0.15) is 0 Å². The molecule has 0 saturated heterocycles. The molecular weight excluding hydrogens is 372 g/mol. The molecule has 0 aromatic heterocycles. The average Bonchev–Trinajstić information content (AvgIpc) is 2.74. The Hall–Kier alpha value is -3.38. The first-order valence-electron chi connectivity index (χ1n) is 8.68. The van der Waals surface area contributed by atoms with Crippen molar-refractivity contribution in [2.75, 3.05) is 12.4 Å². The number of carbonyl (C=O) groups excluding carboxylic acids is 1. The molecule has 0 aliphatic rings. The van der Waals surface area contributed by atoms with Crippen LogP contribution in [0.15, 0.2) is 78.9 Å². The predicted molar refractivity (Wildman–Crippen MR) is 114 cm³/mol. The van der Waals surface area contributed by atoms with Gasteiger partial charge in [-0.1, -0.05) is 42.5 Å². The summed E-state index contributed by atoms with van der Waals surface area (Å²) in [7, 11) is 1.57. The van der Waals surface area contributed by atoms with Crippen molar-refractivity contribution in [3.8, 4) is 11.5 Å². The average molecular weight is 392 g/mol. The lowest BCUT2D eigenvalue weighted by Crippen LogP contribution is -2.34. The molecule has 0 atom stereocenters. The Kier molecular flexibility index (Phi) is 6.59. The summed E-state index contributed by atoms with van der Waals surface area (Å²) >= 11 is 5.27. The Morgan fingerprint density at radius 3 is 2.32 bits per heavy atom. The zero-order valence-corrected chi connectivity index (χ0v) is 16.2. The fourth-order valence-corrected chi connectivity index (χ4v) is 2.70. The molecule has 0 fully saturated rings. The van der Waals surface area contributed by atoms with Crippen LogP contribution in [0.1, 0.15) is 15.9 Å². The monoisotopic (exact) mass is 392 g/mol. The fraction of sp³-hybridized carbons (Fsp3) is 0.0909. The first-order valence-corrected chi connectivity index (χ1v) is 9.08. The normalized spacial score (nSPS) is 10.0. The summed E-state index contributed by atoms with van der Waals surface area (Å²) in [4.78, 5) is 12.3. The second-order valence-electron chi connectivity index (χ2n) is 5.91. The number of nitrogens with one attached hydrogen (secondary N) is 2.